The van der Waals surface area contributed by atoms with Crippen LogP contribution in [0.25, 0.3) is 0 Å². The Morgan fingerprint density at radius 2 is 1.84 bits per heavy atom. The Hall–Kier alpha value is -3.52. The molecule has 2 aliphatic rings. The Balaban J connectivity index is 1.50. The minimum atomic E-state index is -0.475. The summed E-state index contributed by atoms with van der Waals surface area (Å²) < 4.78 is 5.52. The number of nitrogens with one attached hydrogen (secondary N) is 2. The van der Waals surface area contributed by atoms with E-state index in [1.165, 1.54) is 18.2 Å². The zero-order valence-corrected chi connectivity index (χ0v) is 17.1. The number of fused-ring (bicyclic) bond motifs is 1. The van der Waals surface area contributed by atoms with Crippen LogP contribution in [-0.4, -0.2) is 54.3 Å². The monoisotopic (exact) mass is 421 g/mol. The third-order valence-electron chi connectivity index (χ3n) is 5.48. The summed E-state index contributed by atoms with van der Waals surface area (Å²) in [5.74, 6) is -1.55. The fourth-order valence-corrected chi connectivity index (χ4v) is 3.81. The molecule has 4 rings (SSSR count). The minimum Gasteiger partial charge on any atom is -0.376 e. The molecule has 2 N–H and O–H groups in total. The largest absolute Gasteiger partial charge is 0.376 e. The van der Waals surface area contributed by atoms with Gasteiger partial charge in [-0.2, -0.15) is 0 Å². The smallest absolute Gasteiger partial charge is 0.261 e. The molecule has 1 fully saturated rings. The van der Waals surface area contributed by atoms with Gasteiger partial charge in [0, 0.05) is 25.3 Å². The Morgan fingerprint density at radius 1 is 1.06 bits per heavy atom. The fourth-order valence-electron chi connectivity index (χ4n) is 3.81. The number of para-hydroxylation sites is 1. The standard InChI is InChI=1S/C23H23N3O5/c1-2-26-22(29)16-10-9-14(12-18(16)23(26)30)20(27)25-19-8-4-3-7-17(19)21(28)24-13-15-6-5-11-31-15/h3-4,7-10,12,15H,2,5-6,11,13H2,1H3,(H,24,28)(H,25,27). The molecule has 0 saturated carbocycles. The lowest BCUT2D eigenvalue weighted by Crippen LogP contribution is -2.32. The Morgan fingerprint density at radius 3 is 2.58 bits per heavy atom. The van der Waals surface area contributed by atoms with E-state index in [1.807, 2.05) is 0 Å². The third-order valence-corrected chi connectivity index (χ3v) is 5.48. The second-order valence-electron chi connectivity index (χ2n) is 7.46. The molecule has 0 aromatic heterocycles. The first-order chi connectivity index (χ1) is 15.0. The normalized spacial score (nSPS) is 17.6. The van der Waals surface area contributed by atoms with Crippen LogP contribution in [0.2, 0.25) is 0 Å². The molecule has 0 aliphatic carbocycles. The number of carbonyl (C=O) groups excluding carboxylic acids is 4. The Bertz CT molecular complexity index is 1060. The molecule has 2 aromatic carbocycles. The van der Waals surface area contributed by atoms with Crippen molar-refractivity contribution in [2.75, 3.05) is 25.0 Å². The minimum absolute atomic E-state index is 0.0139. The van der Waals surface area contributed by atoms with Crippen LogP contribution in [0.1, 0.15) is 61.2 Å². The number of carbonyl (C=O) groups is 4. The number of hydrogen-bond acceptors (Lipinski definition) is 5. The molecule has 2 aromatic rings. The van der Waals surface area contributed by atoms with Gasteiger partial charge in [-0.15, -0.1) is 0 Å². The summed E-state index contributed by atoms with van der Waals surface area (Å²) >= 11 is 0. The molecule has 1 saturated heterocycles. The lowest BCUT2D eigenvalue weighted by molar-refractivity contribution is 0.0662. The maximum absolute atomic E-state index is 12.8. The molecule has 2 heterocycles. The molecule has 8 nitrogen and oxygen atoms in total. The van der Waals surface area contributed by atoms with Crippen LogP contribution in [0.4, 0.5) is 5.69 Å². The van der Waals surface area contributed by atoms with E-state index < -0.39 is 11.8 Å². The van der Waals surface area contributed by atoms with Crippen molar-refractivity contribution >= 4 is 29.3 Å². The Labute approximate surface area is 179 Å². The fraction of sp³-hybridized carbons (Fsp3) is 0.304. The van der Waals surface area contributed by atoms with Crippen LogP contribution in [-0.2, 0) is 4.74 Å². The van der Waals surface area contributed by atoms with Gasteiger partial charge in [0.2, 0.25) is 0 Å². The second-order valence-corrected chi connectivity index (χ2v) is 7.46. The molecular formula is C23H23N3O5. The van der Waals surface area contributed by atoms with Gasteiger partial charge in [-0.05, 0) is 50.1 Å². The number of ether oxygens (including phenoxy) is 1. The first-order valence-corrected chi connectivity index (χ1v) is 10.3. The van der Waals surface area contributed by atoms with Crippen molar-refractivity contribution < 1.29 is 23.9 Å². The summed E-state index contributed by atoms with van der Waals surface area (Å²) in [4.78, 5) is 51.2. The average molecular weight is 421 g/mol. The molecule has 160 valence electrons. The molecular weight excluding hydrogens is 398 g/mol. The summed E-state index contributed by atoms with van der Waals surface area (Å²) in [5.41, 5.74) is 1.42. The van der Waals surface area contributed by atoms with Crippen LogP contribution in [0.3, 0.4) is 0 Å². The molecule has 31 heavy (non-hydrogen) atoms. The summed E-state index contributed by atoms with van der Waals surface area (Å²) in [6.45, 7) is 3.10. The van der Waals surface area contributed by atoms with Crippen molar-refractivity contribution in [3.63, 3.8) is 0 Å². The zero-order chi connectivity index (χ0) is 22.0. The van der Waals surface area contributed by atoms with Crippen LogP contribution in [0.5, 0.6) is 0 Å². The van der Waals surface area contributed by atoms with E-state index in [0.29, 0.717) is 24.4 Å². The van der Waals surface area contributed by atoms with Gasteiger partial charge < -0.3 is 15.4 Å². The van der Waals surface area contributed by atoms with E-state index in [2.05, 4.69) is 10.6 Å². The van der Waals surface area contributed by atoms with Crippen molar-refractivity contribution in [1.82, 2.24) is 10.2 Å². The van der Waals surface area contributed by atoms with E-state index in [-0.39, 0.29) is 41.2 Å². The third kappa shape index (κ3) is 4.06. The Kier molecular flexibility index (Phi) is 5.81. The SMILES string of the molecule is CCN1C(=O)c2ccc(C(=O)Nc3ccccc3C(=O)NCC3CCCO3)cc2C1=O. The van der Waals surface area contributed by atoms with Crippen LogP contribution in [0.15, 0.2) is 42.5 Å². The number of nitrogens with zero attached hydrogens (tertiary/aromatic N) is 1. The predicted octanol–water partition coefficient (Wildman–Crippen LogP) is 2.46. The van der Waals surface area contributed by atoms with Crippen molar-refractivity contribution in [1.29, 1.82) is 0 Å². The van der Waals surface area contributed by atoms with Crippen molar-refractivity contribution in [3.8, 4) is 0 Å². The van der Waals surface area contributed by atoms with Crippen molar-refractivity contribution in [3.05, 3.63) is 64.7 Å². The summed E-state index contributed by atoms with van der Waals surface area (Å²) in [5, 5.41) is 5.58. The van der Waals surface area contributed by atoms with Gasteiger partial charge in [-0.25, -0.2) is 0 Å². The molecule has 4 amide bonds. The van der Waals surface area contributed by atoms with E-state index >= 15 is 0 Å². The quantitative estimate of drug-likeness (QED) is 0.697. The van der Waals surface area contributed by atoms with Gasteiger partial charge in [0.25, 0.3) is 23.6 Å². The second kappa shape index (κ2) is 8.69. The summed E-state index contributed by atoms with van der Waals surface area (Å²) in [6, 6.07) is 11.1. The predicted molar refractivity (Wildman–Crippen MR) is 113 cm³/mol. The molecule has 1 atom stereocenters. The van der Waals surface area contributed by atoms with Gasteiger partial charge in [0.1, 0.15) is 0 Å². The van der Waals surface area contributed by atoms with Gasteiger partial charge >= 0.3 is 0 Å². The molecule has 2 aliphatic heterocycles. The van der Waals surface area contributed by atoms with Gasteiger partial charge in [0.05, 0.1) is 28.5 Å². The van der Waals surface area contributed by atoms with Gasteiger partial charge in [-0.1, -0.05) is 12.1 Å². The average Bonchev–Trinajstić information content (AvgIpc) is 3.39. The molecule has 8 heteroatoms. The van der Waals surface area contributed by atoms with Crippen LogP contribution < -0.4 is 10.6 Å². The topological polar surface area (TPSA) is 105 Å². The van der Waals surface area contributed by atoms with Gasteiger partial charge in [-0.3, -0.25) is 24.1 Å². The summed E-state index contributed by atoms with van der Waals surface area (Å²) in [7, 11) is 0. The van der Waals surface area contributed by atoms with Gasteiger partial charge in [0.15, 0.2) is 0 Å². The number of imide groups is 1. The van der Waals surface area contributed by atoms with E-state index in [1.54, 1.807) is 31.2 Å². The van der Waals surface area contributed by atoms with E-state index in [9.17, 15) is 19.2 Å². The molecule has 0 radical (unpaired) electrons. The van der Waals surface area contributed by atoms with Crippen LogP contribution >= 0.6 is 0 Å². The summed E-state index contributed by atoms with van der Waals surface area (Å²) in [6.07, 6.45) is 1.91. The maximum atomic E-state index is 12.8. The molecule has 0 spiro atoms. The maximum Gasteiger partial charge on any atom is 0.261 e. The number of benzene rings is 2. The number of rotatable bonds is 6. The van der Waals surface area contributed by atoms with E-state index in [0.717, 1.165) is 17.7 Å². The number of hydrogen-bond donors (Lipinski definition) is 2. The van der Waals surface area contributed by atoms with E-state index in [4.69, 9.17) is 4.74 Å². The van der Waals surface area contributed by atoms with Crippen LogP contribution in [0, 0.1) is 0 Å². The zero-order valence-electron chi connectivity index (χ0n) is 17.1. The first-order valence-electron chi connectivity index (χ1n) is 10.3. The highest BCUT2D eigenvalue weighted by Gasteiger charge is 2.34. The highest BCUT2D eigenvalue weighted by atomic mass is 16.5. The highest BCUT2D eigenvalue weighted by Crippen LogP contribution is 2.25. The first kappa shape index (κ1) is 20.7. The number of amides is 4. The number of anilines is 1. The lowest BCUT2D eigenvalue weighted by Gasteiger charge is -2.14. The van der Waals surface area contributed by atoms with Crippen molar-refractivity contribution in [2.45, 2.75) is 25.9 Å². The highest BCUT2D eigenvalue weighted by molar-refractivity contribution is 6.22. The molecule has 1 unspecified atom stereocenters. The van der Waals surface area contributed by atoms with Crippen molar-refractivity contribution in [2.24, 2.45) is 0 Å². The molecule has 0 bridgehead atoms. The lowest BCUT2D eigenvalue weighted by atomic mass is 10.0.